The lowest BCUT2D eigenvalue weighted by Gasteiger charge is -2.14. The normalized spacial score (nSPS) is 19.4. The average Bonchev–Trinajstić information content (AvgIpc) is 3.36. The van der Waals surface area contributed by atoms with Crippen LogP contribution in [0, 0.1) is 11.3 Å². The largest absolute Gasteiger partial charge is 0.369 e. The fourth-order valence-electron chi connectivity index (χ4n) is 2.73. The van der Waals surface area contributed by atoms with Crippen molar-refractivity contribution in [3.8, 4) is 0 Å². The molecule has 5 heteroatoms. The highest BCUT2D eigenvalue weighted by Gasteiger charge is 2.53. The Labute approximate surface area is 119 Å². The molecule has 108 valence electrons. The Morgan fingerprint density at radius 1 is 1.35 bits per heavy atom. The molecule has 3 rings (SSSR count). The number of aromatic nitrogens is 2. The summed E-state index contributed by atoms with van der Waals surface area (Å²) in [7, 11) is 0. The van der Waals surface area contributed by atoms with Crippen LogP contribution in [0.3, 0.4) is 0 Å². The molecule has 1 heterocycles. The molecule has 0 saturated heterocycles. The maximum absolute atomic E-state index is 12.1. The molecule has 2 aliphatic rings. The Kier molecular flexibility index (Phi) is 3.59. The molecule has 2 N–H and O–H groups in total. The van der Waals surface area contributed by atoms with Crippen LogP contribution in [-0.4, -0.2) is 29.2 Å². The van der Waals surface area contributed by atoms with Gasteiger partial charge in [-0.15, -0.1) is 10.2 Å². The van der Waals surface area contributed by atoms with Crippen molar-refractivity contribution in [3.05, 3.63) is 17.8 Å². The summed E-state index contributed by atoms with van der Waals surface area (Å²) in [5.74, 6) is 1.47. The number of hydrogen-bond donors (Lipinski definition) is 2. The molecule has 20 heavy (non-hydrogen) atoms. The van der Waals surface area contributed by atoms with Gasteiger partial charge in [0.2, 0.25) is 0 Å². The molecule has 0 spiro atoms. The smallest absolute Gasteiger partial charge is 0.271 e. The molecule has 1 aromatic heterocycles. The van der Waals surface area contributed by atoms with Crippen molar-refractivity contribution in [1.82, 2.24) is 15.5 Å². The zero-order chi connectivity index (χ0) is 14.0. The Morgan fingerprint density at radius 3 is 2.70 bits per heavy atom. The molecule has 0 aromatic carbocycles. The highest BCUT2D eigenvalue weighted by molar-refractivity contribution is 5.92. The van der Waals surface area contributed by atoms with Gasteiger partial charge in [0.25, 0.3) is 5.91 Å². The molecular formula is C15H22N4O. The number of anilines is 1. The van der Waals surface area contributed by atoms with Gasteiger partial charge >= 0.3 is 0 Å². The first-order valence-corrected chi connectivity index (χ1v) is 7.59. The first-order chi connectivity index (χ1) is 9.73. The van der Waals surface area contributed by atoms with Gasteiger partial charge in [0.1, 0.15) is 5.82 Å². The molecule has 2 fully saturated rings. The van der Waals surface area contributed by atoms with Gasteiger partial charge in [0.05, 0.1) is 0 Å². The van der Waals surface area contributed by atoms with Crippen molar-refractivity contribution in [2.75, 3.05) is 18.4 Å². The van der Waals surface area contributed by atoms with Crippen LogP contribution in [0.1, 0.15) is 49.5 Å². The number of nitrogens with zero attached hydrogens (tertiary/aromatic N) is 2. The van der Waals surface area contributed by atoms with E-state index in [1.807, 2.05) is 6.07 Å². The van der Waals surface area contributed by atoms with E-state index in [1.165, 1.54) is 25.7 Å². The van der Waals surface area contributed by atoms with Gasteiger partial charge in [0, 0.05) is 13.1 Å². The lowest BCUT2D eigenvalue weighted by atomic mass is 10.0. The minimum atomic E-state index is -0.105. The Morgan fingerprint density at radius 2 is 2.15 bits per heavy atom. The van der Waals surface area contributed by atoms with E-state index in [9.17, 15) is 4.79 Å². The summed E-state index contributed by atoms with van der Waals surface area (Å²) in [5, 5.41) is 14.2. The van der Waals surface area contributed by atoms with Gasteiger partial charge < -0.3 is 10.6 Å². The predicted octanol–water partition coefficient (Wildman–Crippen LogP) is 2.22. The number of carbonyl (C=O) groups is 1. The number of rotatable bonds is 7. The predicted molar refractivity (Wildman–Crippen MR) is 77.5 cm³/mol. The zero-order valence-electron chi connectivity index (χ0n) is 12.0. The lowest BCUT2D eigenvalue weighted by Crippen LogP contribution is -2.31. The molecule has 2 aliphatic carbocycles. The lowest BCUT2D eigenvalue weighted by molar-refractivity contribution is 0.0936. The number of carbonyl (C=O) groups excluding carboxylic acids is 1. The standard InChI is InChI=1S/C15H22N4O/c1-2-9-16-13-6-5-12(18-19-13)14(20)17-10-15(7-8-15)11-3-4-11/h5-6,11H,2-4,7-10H2,1H3,(H,16,19)(H,17,20). The SMILES string of the molecule is CCCNc1ccc(C(=O)NCC2(C3CC3)CC2)nn1. The summed E-state index contributed by atoms with van der Waals surface area (Å²) in [4.78, 5) is 12.1. The summed E-state index contributed by atoms with van der Waals surface area (Å²) in [6, 6.07) is 3.54. The Hall–Kier alpha value is -1.65. The second-order valence-corrected chi connectivity index (χ2v) is 6.05. The zero-order valence-corrected chi connectivity index (χ0v) is 12.0. The molecule has 5 nitrogen and oxygen atoms in total. The molecule has 0 bridgehead atoms. The van der Waals surface area contributed by atoms with Gasteiger partial charge in [-0.05, 0) is 55.6 Å². The Balaban J connectivity index is 1.51. The minimum absolute atomic E-state index is 0.105. The van der Waals surface area contributed by atoms with E-state index in [4.69, 9.17) is 0 Å². The third-order valence-corrected chi connectivity index (χ3v) is 4.39. The maximum Gasteiger partial charge on any atom is 0.271 e. The van der Waals surface area contributed by atoms with Crippen molar-refractivity contribution in [1.29, 1.82) is 0 Å². The van der Waals surface area contributed by atoms with E-state index in [-0.39, 0.29) is 5.91 Å². The van der Waals surface area contributed by atoms with Crippen LogP contribution in [0.25, 0.3) is 0 Å². The van der Waals surface area contributed by atoms with E-state index in [0.717, 1.165) is 31.2 Å². The summed E-state index contributed by atoms with van der Waals surface area (Å²) >= 11 is 0. The topological polar surface area (TPSA) is 66.9 Å². The summed E-state index contributed by atoms with van der Waals surface area (Å²) in [5.41, 5.74) is 0.824. The average molecular weight is 274 g/mol. The van der Waals surface area contributed by atoms with Crippen molar-refractivity contribution >= 4 is 11.7 Å². The highest BCUT2D eigenvalue weighted by atomic mass is 16.1. The van der Waals surface area contributed by atoms with E-state index in [1.54, 1.807) is 6.07 Å². The molecular weight excluding hydrogens is 252 g/mol. The third-order valence-electron chi connectivity index (χ3n) is 4.39. The molecule has 1 aromatic rings. The maximum atomic E-state index is 12.1. The van der Waals surface area contributed by atoms with Gasteiger partial charge in [-0.25, -0.2) is 0 Å². The minimum Gasteiger partial charge on any atom is -0.369 e. The second-order valence-electron chi connectivity index (χ2n) is 6.05. The first kappa shape index (κ1) is 13.3. The molecule has 0 unspecified atom stereocenters. The molecule has 0 radical (unpaired) electrons. The molecule has 1 amide bonds. The monoisotopic (exact) mass is 274 g/mol. The van der Waals surface area contributed by atoms with Crippen molar-refractivity contribution in [2.45, 2.75) is 39.0 Å². The third kappa shape index (κ3) is 2.92. The number of amides is 1. The van der Waals surface area contributed by atoms with Crippen LogP contribution >= 0.6 is 0 Å². The quantitative estimate of drug-likeness (QED) is 0.800. The van der Waals surface area contributed by atoms with Gasteiger partial charge in [-0.3, -0.25) is 4.79 Å². The van der Waals surface area contributed by atoms with Crippen LogP contribution in [0.4, 0.5) is 5.82 Å². The molecule has 0 aliphatic heterocycles. The number of nitrogens with one attached hydrogen (secondary N) is 2. The van der Waals surface area contributed by atoms with Crippen LogP contribution in [0.2, 0.25) is 0 Å². The van der Waals surface area contributed by atoms with Crippen molar-refractivity contribution in [3.63, 3.8) is 0 Å². The van der Waals surface area contributed by atoms with Gasteiger partial charge in [-0.1, -0.05) is 6.92 Å². The van der Waals surface area contributed by atoms with Crippen LogP contribution in [0.15, 0.2) is 12.1 Å². The van der Waals surface area contributed by atoms with Gasteiger partial charge in [0.15, 0.2) is 5.69 Å². The number of hydrogen-bond acceptors (Lipinski definition) is 4. The van der Waals surface area contributed by atoms with Crippen molar-refractivity contribution < 1.29 is 4.79 Å². The Bertz CT molecular complexity index is 477. The summed E-state index contributed by atoms with van der Waals surface area (Å²) in [6.07, 6.45) is 6.25. The first-order valence-electron chi connectivity index (χ1n) is 7.59. The summed E-state index contributed by atoms with van der Waals surface area (Å²) in [6.45, 7) is 3.76. The fraction of sp³-hybridized carbons (Fsp3) is 0.667. The van der Waals surface area contributed by atoms with Crippen molar-refractivity contribution in [2.24, 2.45) is 11.3 Å². The van der Waals surface area contributed by atoms with Crippen LogP contribution in [-0.2, 0) is 0 Å². The summed E-state index contributed by atoms with van der Waals surface area (Å²) < 4.78 is 0. The molecule has 0 atom stereocenters. The van der Waals surface area contributed by atoms with Crippen LogP contribution in [0.5, 0.6) is 0 Å². The second kappa shape index (κ2) is 5.38. The van der Waals surface area contributed by atoms with E-state index < -0.39 is 0 Å². The molecule has 2 saturated carbocycles. The highest BCUT2D eigenvalue weighted by Crippen LogP contribution is 2.60. The van der Waals surface area contributed by atoms with Crippen LogP contribution < -0.4 is 10.6 Å². The van der Waals surface area contributed by atoms with E-state index >= 15 is 0 Å². The van der Waals surface area contributed by atoms with Gasteiger partial charge in [-0.2, -0.15) is 0 Å². The van der Waals surface area contributed by atoms with E-state index in [2.05, 4.69) is 27.8 Å². The fourth-order valence-corrected chi connectivity index (χ4v) is 2.73. The van der Waals surface area contributed by atoms with E-state index in [0.29, 0.717) is 11.1 Å².